The maximum Gasteiger partial charge on any atom is 0.253 e. The van der Waals surface area contributed by atoms with Crippen LogP contribution in [-0.2, 0) is 6.54 Å². The van der Waals surface area contributed by atoms with E-state index in [1.54, 1.807) is 30.5 Å². The lowest BCUT2D eigenvalue weighted by Crippen LogP contribution is -2.30. The van der Waals surface area contributed by atoms with Gasteiger partial charge in [-0.3, -0.25) is 9.59 Å². The lowest BCUT2D eigenvalue weighted by molar-refractivity contribution is 0.0772. The Morgan fingerprint density at radius 3 is 2.64 bits per heavy atom. The van der Waals surface area contributed by atoms with Crippen molar-refractivity contribution < 1.29 is 14.3 Å². The van der Waals surface area contributed by atoms with Gasteiger partial charge in [-0.05, 0) is 54.1 Å². The lowest BCUT2D eigenvalue weighted by atomic mass is 10.2. The highest BCUT2D eigenvalue weighted by atomic mass is 16.5. The van der Waals surface area contributed by atoms with Gasteiger partial charge in [0, 0.05) is 49.2 Å². The molecule has 0 unspecified atom stereocenters. The van der Waals surface area contributed by atoms with E-state index >= 15 is 0 Å². The molecule has 7 nitrogen and oxygen atoms in total. The number of benzene rings is 2. The molecule has 0 bridgehead atoms. The van der Waals surface area contributed by atoms with Gasteiger partial charge in [0.1, 0.15) is 17.5 Å². The molecule has 1 N–H and O–H groups in total. The van der Waals surface area contributed by atoms with E-state index < -0.39 is 0 Å². The van der Waals surface area contributed by atoms with E-state index in [1.165, 1.54) is 0 Å². The van der Waals surface area contributed by atoms with Crippen LogP contribution >= 0.6 is 0 Å². The number of imidazole rings is 1. The molecule has 0 spiro atoms. The molecule has 1 fully saturated rings. The summed E-state index contributed by atoms with van der Waals surface area (Å²) in [4.78, 5) is 31.2. The Bertz CT molecular complexity index is 1270. The highest BCUT2D eigenvalue weighted by Gasteiger charge is 2.28. The minimum Gasteiger partial charge on any atom is -0.489 e. The molecule has 1 atom stereocenters. The van der Waals surface area contributed by atoms with Crippen molar-refractivity contribution in [1.29, 1.82) is 0 Å². The third kappa shape index (κ3) is 4.72. The second kappa shape index (κ2) is 9.16. The first kappa shape index (κ1) is 20.8. The standard InChI is InChI=1S/C26H24N4O3/c31-25(28-17-19-10-13-29-15-12-27-24(29)16-19)20-6-8-22(9-7-20)33-23-11-14-30(18-23)26(32)21-4-2-1-3-5-21/h1-10,12-13,15-16,23H,11,14,17-18H2,(H,28,31)/t23-/m0/s1. The molecule has 2 amide bonds. The second-order valence-corrected chi connectivity index (χ2v) is 8.08. The van der Waals surface area contributed by atoms with Crippen molar-refractivity contribution in [3.63, 3.8) is 0 Å². The fourth-order valence-electron chi connectivity index (χ4n) is 4.00. The molecule has 1 aliphatic rings. The average molecular weight is 441 g/mol. The van der Waals surface area contributed by atoms with Gasteiger partial charge in [-0.25, -0.2) is 4.98 Å². The second-order valence-electron chi connectivity index (χ2n) is 8.08. The van der Waals surface area contributed by atoms with E-state index in [9.17, 15) is 9.59 Å². The summed E-state index contributed by atoms with van der Waals surface area (Å²) in [7, 11) is 0. The van der Waals surface area contributed by atoms with Crippen LogP contribution in [0.1, 0.15) is 32.7 Å². The number of nitrogens with zero attached hydrogens (tertiary/aromatic N) is 3. The Balaban J connectivity index is 1.13. The van der Waals surface area contributed by atoms with Gasteiger partial charge in [0.25, 0.3) is 11.8 Å². The Kier molecular flexibility index (Phi) is 5.76. The molecule has 5 rings (SSSR count). The van der Waals surface area contributed by atoms with Gasteiger partial charge in [0.05, 0.1) is 6.54 Å². The van der Waals surface area contributed by atoms with Crippen LogP contribution in [0, 0.1) is 0 Å². The molecule has 1 saturated heterocycles. The van der Waals surface area contributed by atoms with Crippen molar-refractivity contribution >= 4 is 17.5 Å². The highest BCUT2D eigenvalue weighted by molar-refractivity contribution is 5.94. The zero-order chi connectivity index (χ0) is 22.6. The molecule has 0 radical (unpaired) electrons. The van der Waals surface area contributed by atoms with Gasteiger partial charge in [0.15, 0.2) is 0 Å². The van der Waals surface area contributed by atoms with Gasteiger partial charge in [-0.1, -0.05) is 18.2 Å². The fraction of sp³-hybridized carbons (Fsp3) is 0.192. The first-order valence-electron chi connectivity index (χ1n) is 11.0. The number of amides is 2. The molecule has 7 heteroatoms. The van der Waals surface area contributed by atoms with Crippen LogP contribution in [0.25, 0.3) is 5.65 Å². The number of rotatable bonds is 6. The van der Waals surface area contributed by atoms with E-state index in [0.717, 1.165) is 17.6 Å². The summed E-state index contributed by atoms with van der Waals surface area (Å²) in [5.74, 6) is 0.571. The number of carbonyl (C=O) groups is 2. The topological polar surface area (TPSA) is 75.9 Å². The Morgan fingerprint density at radius 2 is 1.82 bits per heavy atom. The number of hydrogen-bond donors (Lipinski definition) is 1. The average Bonchev–Trinajstić information content (AvgIpc) is 3.52. The van der Waals surface area contributed by atoms with Crippen LogP contribution < -0.4 is 10.1 Å². The number of carbonyl (C=O) groups excluding carboxylic acids is 2. The zero-order valence-electron chi connectivity index (χ0n) is 18.1. The molecule has 0 saturated carbocycles. The largest absolute Gasteiger partial charge is 0.489 e. The van der Waals surface area contributed by atoms with Crippen molar-refractivity contribution in [3.8, 4) is 5.75 Å². The number of fused-ring (bicyclic) bond motifs is 1. The van der Waals surface area contributed by atoms with Crippen LogP contribution in [0.5, 0.6) is 5.75 Å². The number of hydrogen-bond acceptors (Lipinski definition) is 4. The first-order chi connectivity index (χ1) is 16.2. The Labute approximate surface area is 191 Å². The number of pyridine rings is 1. The van der Waals surface area contributed by atoms with E-state index in [-0.39, 0.29) is 17.9 Å². The third-order valence-electron chi connectivity index (χ3n) is 5.79. The van der Waals surface area contributed by atoms with Gasteiger partial charge in [-0.2, -0.15) is 0 Å². The molecule has 1 aliphatic heterocycles. The highest BCUT2D eigenvalue weighted by Crippen LogP contribution is 2.20. The van der Waals surface area contributed by atoms with Crippen molar-refractivity contribution in [2.24, 2.45) is 0 Å². The van der Waals surface area contributed by atoms with E-state index in [0.29, 0.717) is 36.5 Å². The van der Waals surface area contributed by atoms with E-state index in [2.05, 4.69) is 10.3 Å². The van der Waals surface area contributed by atoms with Crippen molar-refractivity contribution in [1.82, 2.24) is 19.6 Å². The molecular weight excluding hydrogens is 416 g/mol. The maximum absolute atomic E-state index is 12.6. The fourth-order valence-corrected chi connectivity index (χ4v) is 4.00. The number of aromatic nitrogens is 2. The number of ether oxygens (including phenoxy) is 1. The summed E-state index contributed by atoms with van der Waals surface area (Å²) in [5, 5.41) is 2.94. The summed E-state index contributed by atoms with van der Waals surface area (Å²) < 4.78 is 7.98. The van der Waals surface area contributed by atoms with Crippen molar-refractivity contribution in [2.75, 3.05) is 13.1 Å². The maximum atomic E-state index is 12.6. The normalized spacial score (nSPS) is 15.5. The summed E-state index contributed by atoms with van der Waals surface area (Å²) >= 11 is 0. The van der Waals surface area contributed by atoms with Crippen molar-refractivity contribution in [3.05, 3.63) is 102 Å². The van der Waals surface area contributed by atoms with E-state index in [4.69, 9.17) is 4.74 Å². The van der Waals surface area contributed by atoms with E-state index in [1.807, 2.05) is 64.2 Å². The van der Waals surface area contributed by atoms with Crippen LogP contribution in [0.3, 0.4) is 0 Å². The van der Waals surface area contributed by atoms with Gasteiger partial charge >= 0.3 is 0 Å². The van der Waals surface area contributed by atoms with Gasteiger partial charge < -0.3 is 19.4 Å². The summed E-state index contributed by atoms with van der Waals surface area (Å²) in [6.45, 7) is 1.65. The number of nitrogens with one attached hydrogen (secondary N) is 1. The minimum atomic E-state index is -0.148. The summed E-state index contributed by atoms with van der Waals surface area (Å²) in [6.07, 6.45) is 6.27. The molecular formula is C26H24N4O3. The van der Waals surface area contributed by atoms with Crippen LogP contribution in [0.2, 0.25) is 0 Å². The quantitative estimate of drug-likeness (QED) is 0.498. The lowest BCUT2D eigenvalue weighted by Gasteiger charge is -2.17. The molecule has 4 aromatic rings. The Hall–Kier alpha value is -4.13. The molecule has 3 heterocycles. The SMILES string of the molecule is O=C(NCc1ccn2ccnc2c1)c1ccc(O[C@H]2CCN(C(=O)c3ccccc3)C2)cc1. The monoisotopic (exact) mass is 440 g/mol. The minimum absolute atomic E-state index is 0.0284. The zero-order valence-corrected chi connectivity index (χ0v) is 18.1. The number of likely N-dealkylation sites (tertiary alicyclic amines) is 1. The Morgan fingerprint density at radius 1 is 1.00 bits per heavy atom. The predicted octanol–water partition coefficient (Wildman–Crippen LogP) is 3.56. The molecule has 0 aliphatic carbocycles. The molecule has 166 valence electrons. The first-order valence-corrected chi connectivity index (χ1v) is 11.0. The third-order valence-corrected chi connectivity index (χ3v) is 5.79. The molecule has 2 aromatic heterocycles. The smallest absolute Gasteiger partial charge is 0.253 e. The van der Waals surface area contributed by atoms with Crippen LogP contribution in [0.4, 0.5) is 0 Å². The molecule has 2 aromatic carbocycles. The van der Waals surface area contributed by atoms with Gasteiger partial charge in [-0.15, -0.1) is 0 Å². The molecule has 33 heavy (non-hydrogen) atoms. The van der Waals surface area contributed by atoms with Crippen LogP contribution in [0.15, 0.2) is 85.3 Å². The van der Waals surface area contributed by atoms with Crippen LogP contribution in [-0.4, -0.2) is 45.3 Å². The summed E-state index contributed by atoms with van der Waals surface area (Å²) in [6, 6.07) is 20.3. The van der Waals surface area contributed by atoms with Crippen molar-refractivity contribution in [2.45, 2.75) is 19.1 Å². The predicted molar refractivity (Wildman–Crippen MR) is 124 cm³/mol. The van der Waals surface area contributed by atoms with Gasteiger partial charge in [0.2, 0.25) is 0 Å². The summed E-state index contributed by atoms with van der Waals surface area (Å²) in [5.41, 5.74) is 3.09.